The van der Waals surface area contributed by atoms with Gasteiger partial charge in [0.05, 0.1) is 33.8 Å². The molecule has 0 bridgehead atoms. The summed E-state index contributed by atoms with van der Waals surface area (Å²) in [6.07, 6.45) is 3.82. The average Bonchev–Trinajstić information content (AvgIpc) is 3.00. The van der Waals surface area contributed by atoms with Gasteiger partial charge in [0.2, 0.25) is 0 Å². The molecule has 0 spiro atoms. The number of rotatable bonds is 7. The Balaban J connectivity index is 2.01. The average molecular weight is 409 g/mol. The highest BCUT2D eigenvalue weighted by molar-refractivity contribution is 7.90. The van der Waals surface area contributed by atoms with Gasteiger partial charge in [-0.15, -0.1) is 0 Å². The van der Waals surface area contributed by atoms with E-state index in [9.17, 15) is 8.42 Å². The highest BCUT2D eigenvalue weighted by atomic mass is 35.5. The standard InChI is InChI=1S/C18H21ClN4O3S/c1-4-7-20-14-9-16(23-18-17(14)12(19)10-21-18)22-13-6-5-11(27(3,24)25)8-15(13)26-2/h5-6,8-10H,4,7H2,1-3H3,(H3,20,21,22,23). The Morgan fingerprint density at radius 3 is 2.70 bits per heavy atom. The smallest absolute Gasteiger partial charge is 0.175 e. The van der Waals surface area contributed by atoms with Crippen LogP contribution in [0.15, 0.2) is 35.4 Å². The summed E-state index contributed by atoms with van der Waals surface area (Å²) in [5, 5.41) is 7.96. The number of ether oxygens (including phenoxy) is 1. The molecule has 0 aliphatic heterocycles. The summed E-state index contributed by atoms with van der Waals surface area (Å²) < 4.78 is 28.8. The zero-order valence-corrected chi connectivity index (χ0v) is 16.8. The molecule has 3 N–H and O–H groups in total. The van der Waals surface area contributed by atoms with Crippen LogP contribution in [-0.4, -0.2) is 38.3 Å². The first-order chi connectivity index (χ1) is 12.8. The van der Waals surface area contributed by atoms with Gasteiger partial charge in [-0.1, -0.05) is 18.5 Å². The number of nitrogens with one attached hydrogen (secondary N) is 3. The van der Waals surface area contributed by atoms with E-state index < -0.39 is 9.84 Å². The number of hydrogen-bond donors (Lipinski definition) is 3. The lowest BCUT2D eigenvalue weighted by molar-refractivity contribution is 0.415. The lowest BCUT2D eigenvalue weighted by Gasteiger charge is -2.14. The van der Waals surface area contributed by atoms with Gasteiger partial charge in [0.15, 0.2) is 9.84 Å². The lowest BCUT2D eigenvalue weighted by atomic mass is 10.2. The molecule has 144 valence electrons. The molecule has 3 rings (SSSR count). The van der Waals surface area contributed by atoms with Crippen LogP contribution in [0.3, 0.4) is 0 Å². The number of nitrogens with zero attached hydrogens (tertiary/aromatic N) is 1. The molecule has 7 nitrogen and oxygen atoms in total. The molecule has 0 fully saturated rings. The molecule has 0 amide bonds. The van der Waals surface area contributed by atoms with E-state index in [1.807, 2.05) is 6.07 Å². The number of sulfone groups is 1. The van der Waals surface area contributed by atoms with E-state index in [1.165, 1.54) is 19.2 Å². The highest BCUT2D eigenvalue weighted by Crippen LogP contribution is 2.34. The van der Waals surface area contributed by atoms with E-state index in [0.29, 0.717) is 27.9 Å². The van der Waals surface area contributed by atoms with Crippen LogP contribution in [0.5, 0.6) is 5.75 Å². The van der Waals surface area contributed by atoms with Gasteiger partial charge in [0.25, 0.3) is 0 Å². The Hall–Kier alpha value is -2.45. The van der Waals surface area contributed by atoms with Crippen molar-refractivity contribution in [3.63, 3.8) is 0 Å². The number of pyridine rings is 1. The summed E-state index contributed by atoms with van der Waals surface area (Å²) in [6, 6.07) is 6.53. The van der Waals surface area contributed by atoms with E-state index in [-0.39, 0.29) is 4.90 Å². The van der Waals surface area contributed by atoms with E-state index in [0.717, 1.165) is 30.3 Å². The van der Waals surface area contributed by atoms with Crippen LogP contribution in [0, 0.1) is 0 Å². The third-order valence-electron chi connectivity index (χ3n) is 4.02. The minimum absolute atomic E-state index is 0.190. The van der Waals surface area contributed by atoms with Crippen LogP contribution >= 0.6 is 11.6 Å². The molecule has 1 aromatic carbocycles. The van der Waals surface area contributed by atoms with Crippen LogP contribution < -0.4 is 15.4 Å². The first-order valence-corrected chi connectivity index (χ1v) is 10.7. The summed E-state index contributed by atoms with van der Waals surface area (Å²) in [5.74, 6) is 0.984. The quantitative estimate of drug-likeness (QED) is 0.542. The maximum Gasteiger partial charge on any atom is 0.175 e. The number of benzene rings is 1. The highest BCUT2D eigenvalue weighted by Gasteiger charge is 2.14. The van der Waals surface area contributed by atoms with Crippen molar-refractivity contribution in [1.82, 2.24) is 9.97 Å². The summed E-state index contributed by atoms with van der Waals surface area (Å²) in [7, 11) is -1.83. The summed E-state index contributed by atoms with van der Waals surface area (Å²) >= 11 is 6.27. The van der Waals surface area contributed by atoms with Crippen LogP contribution in [0.1, 0.15) is 13.3 Å². The second-order valence-corrected chi connectivity index (χ2v) is 8.52. The van der Waals surface area contributed by atoms with Crippen LogP contribution in [-0.2, 0) is 9.84 Å². The lowest BCUT2D eigenvalue weighted by Crippen LogP contribution is -2.04. The van der Waals surface area contributed by atoms with E-state index >= 15 is 0 Å². The van der Waals surface area contributed by atoms with Gasteiger partial charge in [0.1, 0.15) is 17.2 Å². The van der Waals surface area contributed by atoms with Crippen molar-refractivity contribution in [3.05, 3.63) is 35.5 Å². The van der Waals surface area contributed by atoms with Crippen molar-refractivity contribution in [2.75, 3.05) is 30.5 Å². The molecule has 9 heteroatoms. The van der Waals surface area contributed by atoms with Crippen LogP contribution in [0.2, 0.25) is 5.02 Å². The third kappa shape index (κ3) is 4.12. The zero-order valence-electron chi connectivity index (χ0n) is 15.3. The molecular weight excluding hydrogens is 388 g/mol. The largest absolute Gasteiger partial charge is 0.495 e. The normalized spacial score (nSPS) is 11.6. The number of anilines is 3. The van der Waals surface area contributed by atoms with E-state index in [4.69, 9.17) is 16.3 Å². The number of H-pyrrole nitrogens is 1. The first-order valence-electron chi connectivity index (χ1n) is 8.40. The molecular formula is C18H21ClN4O3S. The summed E-state index contributed by atoms with van der Waals surface area (Å²) in [6.45, 7) is 2.88. The third-order valence-corrected chi connectivity index (χ3v) is 5.43. The Morgan fingerprint density at radius 2 is 2.04 bits per heavy atom. The first kappa shape index (κ1) is 19.3. The van der Waals surface area contributed by atoms with Gasteiger partial charge in [-0.05, 0) is 18.6 Å². The van der Waals surface area contributed by atoms with E-state index in [2.05, 4.69) is 27.5 Å². The molecule has 0 aliphatic carbocycles. The maximum atomic E-state index is 11.8. The van der Waals surface area contributed by atoms with Gasteiger partial charge >= 0.3 is 0 Å². The second kappa shape index (κ2) is 7.66. The predicted molar refractivity (Wildman–Crippen MR) is 109 cm³/mol. The molecule has 0 aliphatic rings. The minimum Gasteiger partial charge on any atom is -0.495 e. The van der Waals surface area contributed by atoms with Crippen molar-refractivity contribution in [3.8, 4) is 5.75 Å². The SMILES string of the molecule is CCCNc1cc(Nc2ccc(S(C)(=O)=O)cc2OC)nc2[nH]cc(Cl)c12. The van der Waals surface area contributed by atoms with Gasteiger partial charge < -0.3 is 20.4 Å². The molecule has 3 aromatic rings. The molecule has 0 saturated heterocycles. The number of methoxy groups -OCH3 is 1. The molecule has 0 atom stereocenters. The molecule has 0 radical (unpaired) electrons. The van der Waals surface area contributed by atoms with Crippen LogP contribution in [0.25, 0.3) is 11.0 Å². The van der Waals surface area contributed by atoms with Gasteiger partial charge in [-0.2, -0.15) is 0 Å². The molecule has 0 saturated carbocycles. The fourth-order valence-electron chi connectivity index (χ4n) is 2.70. The number of fused-ring (bicyclic) bond motifs is 1. The Bertz CT molecular complexity index is 1080. The molecule has 27 heavy (non-hydrogen) atoms. The van der Waals surface area contributed by atoms with Crippen molar-refractivity contribution < 1.29 is 13.2 Å². The minimum atomic E-state index is -3.32. The monoisotopic (exact) mass is 408 g/mol. The second-order valence-electron chi connectivity index (χ2n) is 6.10. The predicted octanol–water partition coefficient (Wildman–Crippen LogP) is 4.19. The van der Waals surface area contributed by atoms with Crippen molar-refractivity contribution in [2.24, 2.45) is 0 Å². The number of hydrogen-bond acceptors (Lipinski definition) is 6. The molecule has 2 aromatic heterocycles. The fraction of sp³-hybridized carbons (Fsp3) is 0.278. The maximum absolute atomic E-state index is 11.8. The summed E-state index contributed by atoms with van der Waals surface area (Å²) in [4.78, 5) is 7.79. The van der Waals surface area contributed by atoms with Gasteiger partial charge in [0, 0.05) is 31.1 Å². The van der Waals surface area contributed by atoms with Crippen LogP contribution in [0.4, 0.5) is 17.2 Å². The Morgan fingerprint density at radius 1 is 1.26 bits per heavy atom. The number of aromatic nitrogens is 2. The zero-order chi connectivity index (χ0) is 19.6. The summed E-state index contributed by atoms with van der Waals surface area (Å²) in [5.41, 5.74) is 2.12. The van der Waals surface area contributed by atoms with Crippen molar-refractivity contribution in [1.29, 1.82) is 0 Å². The van der Waals surface area contributed by atoms with E-state index in [1.54, 1.807) is 12.3 Å². The Labute approximate surface area is 163 Å². The topological polar surface area (TPSA) is 96.1 Å². The molecule has 0 unspecified atom stereocenters. The number of halogens is 1. The van der Waals surface area contributed by atoms with Gasteiger partial charge in [-0.25, -0.2) is 13.4 Å². The Kier molecular flexibility index (Phi) is 5.48. The van der Waals surface area contributed by atoms with Gasteiger partial charge in [-0.3, -0.25) is 0 Å². The van der Waals surface area contributed by atoms with Crippen molar-refractivity contribution >= 4 is 49.7 Å². The number of aromatic amines is 1. The van der Waals surface area contributed by atoms with Crippen molar-refractivity contribution in [2.45, 2.75) is 18.2 Å². The fourth-order valence-corrected chi connectivity index (χ4v) is 3.58. The molecule has 2 heterocycles.